The van der Waals surface area contributed by atoms with Crippen molar-refractivity contribution in [1.82, 2.24) is 10.3 Å². The molecule has 1 fully saturated rings. The first-order valence-electron chi connectivity index (χ1n) is 9.38. The maximum atomic E-state index is 12.2. The largest absolute Gasteiger partial charge is 0.494 e. The summed E-state index contributed by atoms with van der Waals surface area (Å²) in [6.45, 7) is 5.41. The van der Waals surface area contributed by atoms with Gasteiger partial charge in [0, 0.05) is 25.8 Å². The fourth-order valence-corrected chi connectivity index (χ4v) is 3.31. The summed E-state index contributed by atoms with van der Waals surface area (Å²) in [5, 5.41) is 3.09. The van der Waals surface area contributed by atoms with E-state index < -0.39 is 0 Å². The molecule has 1 saturated heterocycles. The number of anilines is 1. The average Bonchev–Trinajstić information content (AvgIpc) is 2.69. The first-order chi connectivity index (χ1) is 12.7. The van der Waals surface area contributed by atoms with Gasteiger partial charge in [-0.1, -0.05) is 12.1 Å². The lowest BCUT2D eigenvalue weighted by molar-refractivity contribution is -0.120. The number of piperidine rings is 1. The van der Waals surface area contributed by atoms with Crippen molar-refractivity contribution in [3.63, 3.8) is 0 Å². The Balaban J connectivity index is 1.38. The predicted molar refractivity (Wildman–Crippen MR) is 103 cm³/mol. The van der Waals surface area contributed by atoms with Crippen molar-refractivity contribution in [1.29, 1.82) is 0 Å². The SMILES string of the molecule is CCOc1ccc(CC(=O)NCC2CCN(c3cccnc3)CC2)cc1. The van der Waals surface area contributed by atoms with Crippen LogP contribution in [0.25, 0.3) is 0 Å². The van der Waals surface area contributed by atoms with E-state index in [9.17, 15) is 4.79 Å². The minimum atomic E-state index is 0.0869. The van der Waals surface area contributed by atoms with Crippen molar-refractivity contribution in [2.24, 2.45) is 5.92 Å². The summed E-state index contributed by atoms with van der Waals surface area (Å²) in [4.78, 5) is 18.7. The molecule has 5 heteroatoms. The van der Waals surface area contributed by atoms with Crippen molar-refractivity contribution in [2.75, 3.05) is 31.1 Å². The van der Waals surface area contributed by atoms with Crippen LogP contribution in [0.3, 0.4) is 0 Å². The molecule has 0 saturated carbocycles. The molecule has 3 rings (SSSR count). The Kier molecular flexibility index (Phi) is 6.47. The predicted octanol–water partition coefficient (Wildman–Crippen LogP) is 3.06. The summed E-state index contributed by atoms with van der Waals surface area (Å²) in [5.74, 6) is 1.48. The quantitative estimate of drug-likeness (QED) is 0.831. The molecule has 1 N–H and O–H groups in total. The van der Waals surface area contributed by atoms with Crippen LogP contribution < -0.4 is 15.0 Å². The number of carbonyl (C=O) groups is 1. The zero-order valence-corrected chi connectivity index (χ0v) is 15.4. The Morgan fingerprint density at radius 2 is 2.00 bits per heavy atom. The van der Waals surface area contributed by atoms with Crippen LogP contribution in [0.2, 0.25) is 0 Å². The second kappa shape index (κ2) is 9.22. The van der Waals surface area contributed by atoms with Crippen molar-refractivity contribution < 1.29 is 9.53 Å². The molecule has 0 spiro atoms. The number of rotatable bonds is 7. The summed E-state index contributed by atoms with van der Waals surface area (Å²) in [7, 11) is 0. The molecule has 5 nitrogen and oxygen atoms in total. The Hall–Kier alpha value is -2.56. The second-order valence-corrected chi connectivity index (χ2v) is 6.70. The average molecular weight is 353 g/mol. The lowest BCUT2D eigenvalue weighted by Crippen LogP contribution is -2.39. The molecule has 2 heterocycles. The third-order valence-electron chi connectivity index (χ3n) is 4.81. The minimum absolute atomic E-state index is 0.0869. The highest BCUT2D eigenvalue weighted by Crippen LogP contribution is 2.22. The van der Waals surface area contributed by atoms with Crippen LogP contribution in [0.15, 0.2) is 48.8 Å². The van der Waals surface area contributed by atoms with E-state index in [1.807, 2.05) is 43.5 Å². The number of nitrogens with one attached hydrogen (secondary N) is 1. The zero-order valence-electron chi connectivity index (χ0n) is 15.4. The first kappa shape index (κ1) is 18.2. The molecule has 2 aromatic rings. The summed E-state index contributed by atoms with van der Waals surface area (Å²) in [6.07, 6.45) is 6.33. The van der Waals surface area contributed by atoms with Crippen molar-refractivity contribution in [3.8, 4) is 5.75 Å². The third kappa shape index (κ3) is 5.22. The lowest BCUT2D eigenvalue weighted by Gasteiger charge is -2.33. The van der Waals surface area contributed by atoms with Gasteiger partial charge in [0.25, 0.3) is 0 Å². The highest BCUT2D eigenvalue weighted by molar-refractivity contribution is 5.78. The van der Waals surface area contributed by atoms with Gasteiger partial charge in [-0.3, -0.25) is 9.78 Å². The van der Waals surface area contributed by atoms with E-state index in [4.69, 9.17) is 4.74 Å². The molecule has 1 aromatic heterocycles. The van der Waals surface area contributed by atoms with E-state index >= 15 is 0 Å². The second-order valence-electron chi connectivity index (χ2n) is 6.70. The maximum absolute atomic E-state index is 12.2. The Labute approximate surface area is 155 Å². The molecule has 1 aliphatic rings. The van der Waals surface area contributed by atoms with Crippen molar-refractivity contribution in [3.05, 3.63) is 54.4 Å². The maximum Gasteiger partial charge on any atom is 0.224 e. The van der Waals surface area contributed by atoms with Gasteiger partial charge in [-0.2, -0.15) is 0 Å². The number of aromatic nitrogens is 1. The van der Waals surface area contributed by atoms with Gasteiger partial charge in [-0.05, 0) is 55.5 Å². The number of ether oxygens (including phenoxy) is 1. The monoisotopic (exact) mass is 353 g/mol. The first-order valence-corrected chi connectivity index (χ1v) is 9.38. The van der Waals surface area contributed by atoms with Crippen LogP contribution in [-0.2, 0) is 11.2 Å². The molecular weight excluding hydrogens is 326 g/mol. The van der Waals surface area contributed by atoms with Crippen LogP contribution in [0.5, 0.6) is 5.75 Å². The van der Waals surface area contributed by atoms with E-state index in [1.54, 1.807) is 6.20 Å². The number of pyridine rings is 1. The number of hydrogen-bond donors (Lipinski definition) is 1. The molecule has 138 valence electrons. The molecule has 26 heavy (non-hydrogen) atoms. The fraction of sp³-hybridized carbons (Fsp3) is 0.429. The molecule has 1 aliphatic heterocycles. The Morgan fingerprint density at radius 3 is 2.65 bits per heavy atom. The van der Waals surface area contributed by atoms with Gasteiger partial charge in [0.15, 0.2) is 0 Å². The number of hydrogen-bond acceptors (Lipinski definition) is 4. The standard InChI is InChI=1S/C21H27N3O2/c1-2-26-20-7-5-17(6-8-20)14-21(25)23-15-18-9-12-24(13-10-18)19-4-3-11-22-16-19/h3-8,11,16,18H,2,9-10,12-15H2,1H3,(H,23,25). The molecule has 1 aromatic carbocycles. The fourth-order valence-electron chi connectivity index (χ4n) is 3.31. The zero-order chi connectivity index (χ0) is 18.2. The van der Waals surface area contributed by atoms with Crippen LogP contribution in [0.4, 0.5) is 5.69 Å². The molecule has 0 atom stereocenters. The van der Waals surface area contributed by atoms with Gasteiger partial charge in [-0.25, -0.2) is 0 Å². The lowest BCUT2D eigenvalue weighted by atomic mass is 9.96. The Bertz CT molecular complexity index is 680. The van der Waals surface area contributed by atoms with Gasteiger partial charge in [0.2, 0.25) is 5.91 Å². The summed E-state index contributed by atoms with van der Waals surface area (Å²) in [5.41, 5.74) is 2.20. The molecule has 1 amide bonds. The van der Waals surface area contributed by atoms with Crippen molar-refractivity contribution in [2.45, 2.75) is 26.2 Å². The number of benzene rings is 1. The smallest absolute Gasteiger partial charge is 0.224 e. The normalized spacial score (nSPS) is 14.9. The topological polar surface area (TPSA) is 54.5 Å². The minimum Gasteiger partial charge on any atom is -0.494 e. The molecule has 0 unspecified atom stereocenters. The van der Waals surface area contributed by atoms with Crippen LogP contribution >= 0.6 is 0 Å². The van der Waals surface area contributed by atoms with E-state index in [-0.39, 0.29) is 5.91 Å². The van der Waals surface area contributed by atoms with Gasteiger partial charge >= 0.3 is 0 Å². The highest BCUT2D eigenvalue weighted by Gasteiger charge is 2.20. The van der Waals surface area contributed by atoms with Gasteiger partial charge in [-0.15, -0.1) is 0 Å². The van der Waals surface area contributed by atoms with Gasteiger partial charge < -0.3 is 15.0 Å². The molecule has 0 bridgehead atoms. The number of carbonyl (C=O) groups excluding carboxylic acids is 1. The van der Waals surface area contributed by atoms with Crippen LogP contribution in [-0.4, -0.2) is 37.1 Å². The Morgan fingerprint density at radius 1 is 1.23 bits per heavy atom. The number of amides is 1. The van der Waals surface area contributed by atoms with Gasteiger partial charge in [0.1, 0.15) is 5.75 Å². The molecule has 0 radical (unpaired) electrons. The van der Waals surface area contributed by atoms with Crippen molar-refractivity contribution >= 4 is 11.6 Å². The van der Waals surface area contributed by atoms with Crippen LogP contribution in [0.1, 0.15) is 25.3 Å². The third-order valence-corrected chi connectivity index (χ3v) is 4.81. The van der Waals surface area contributed by atoms with E-state index in [0.29, 0.717) is 18.9 Å². The number of nitrogens with zero attached hydrogens (tertiary/aromatic N) is 2. The van der Waals surface area contributed by atoms with Gasteiger partial charge in [0.05, 0.1) is 24.9 Å². The summed E-state index contributed by atoms with van der Waals surface area (Å²) >= 11 is 0. The van der Waals surface area contributed by atoms with E-state index in [0.717, 1.165) is 43.8 Å². The summed E-state index contributed by atoms with van der Waals surface area (Å²) in [6, 6.07) is 11.8. The van der Waals surface area contributed by atoms with Crippen LogP contribution in [0, 0.1) is 5.92 Å². The highest BCUT2D eigenvalue weighted by atomic mass is 16.5. The molecule has 0 aliphatic carbocycles. The molecular formula is C21H27N3O2. The summed E-state index contributed by atoms with van der Waals surface area (Å²) < 4.78 is 5.42. The van der Waals surface area contributed by atoms with E-state index in [1.165, 1.54) is 5.69 Å². The van der Waals surface area contributed by atoms with E-state index in [2.05, 4.69) is 21.3 Å².